The lowest BCUT2D eigenvalue weighted by Crippen LogP contribution is -1.93. The molecule has 0 heterocycles. The van der Waals surface area contributed by atoms with Crippen molar-refractivity contribution >= 4 is 11.9 Å². The van der Waals surface area contributed by atoms with E-state index in [2.05, 4.69) is 38.2 Å². The van der Waals surface area contributed by atoms with Gasteiger partial charge in [-0.3, -0.25) is 4.79 Å². The van der Waals surface area contributed by atoms with Gasteiger partial charge in [0.1, 0.15) is 0 Å². The normalized spacial score (nSPS) is 12.0. The Hall–Kier alpha value is -2.62. The van der Waals surface area contributed by atoms with Crippen LogP contribution in [0.25, 0.3) is 0 Å². The molecule has 0 saturated carbocycles. The average molecular weight is 613 g/mol. The number of rotatable bonds is 30. The molecule has 0 unspecified atom stereocenters. The Bertz CT molecular complexity index is 785. The van der Waals surface area contributed by atoms with E-state index in [4.69, 9.17) is 10.2 Å². The van der Waals surface area contributed by atoms with Crippen molar-refractivity contribution in [3.63, 3.8) is 0 Å². The number of carboxylic acid groups (broad SMARTS) is 2. The topological polar surface area (TPSA) is 74.6 Å². The zero-order valence-electron chi connectivity index (χ0n) is 28.6. The molecule has 0 aromatic rings. The van der Waals surface area contributed by atoms with Crippen molar-refractivity contribution in [3.05, 3.63) is 72.9 Å². The lowest BCUT2D eigenvalue weighted by Gasteiger charge is -2.00. The summed E-state index contributed by atoms with van der Waals surface area (Å²) in [6, 6.07) is 0. The summed E-state index contributed by atoms with van der Waals surface area (Å²) in [5, 5.41) is 16.9. The molecule has 252 valence electrons. The molecule has 4 heteroatoms. The van der Waals surface area contributed by atoms with Crippen molar-refractivity contribution in [3.8, 4) is 0 Å². The molecule has 0 rings (SSSR count). The predicted octanol–water partition coefficient (Wildman–Crippen LogP) is 12.9. The van der Waals surface area contributed by atoms with Crippen LogP contribution < -0.4 is 0 Å². The molecule has 0 aliphatic heterocycles. The van der Waals surface area contributed by atoms with E-state index in [1.54, 1.807) is 12.2 Å². The summed E-state index contributed by atoms with van der Waals surface area (Å²) in [5.74, 6) is -1.59. The molecule has 0 aliphatic rings. The maximum atomic E-state index is 10.4. The van der Waals surface area contributed by atoms with Gasteiger partial charge >= 0.3 is 11.9 Å². The minimum atomic E-state index is -0.931. The highest BCUT2D eigenvalue weighted by Gasteiger charge is 1.96. The molecule has 4 nitrogen and oxygen atoms in total. The van der Waals surface area contributed by atoms with Gasteiger partial charge in [-0.2, -0.15) is 0 Å². The zero-order valence-corrected chi connectivity index (χ0v) is 28.6. The molecule has 2 N–H and O–H groups in total. The van der Waals surface area contributed by atoms with Crippen molar-refractivity contribution in [2.45, 2.75) is 168 Å². The Morgan fingerprint density at radius 1 is 0.409 bits per heavy atom. The Labute approximate surface area is 272 Å². The maximum absolute atomic E-state index is 10.4. The van der Waals surface area contributed by atoms with Gasteiger partial charge in [0.2, 0.25) is 0 Å². The van der Waals surface area contributed by atoms with Crippen LogP contribution >= 0.6 is 0 Å². The first-order chi connectivity index (χ1) is 21.5. The summed E-state index contributed by atoms with van der Waals surface area (Å²) in [7, 11) is 0. The molecular formula is C40H68O4. The van der Waals surface area contributed by atoms with Crippen LogP contribution in [0.5, 0.6) is 0 Å². The minimum absolute atomic E-state index is 0.337. The van der Waals surface area contributed by atoms with Crippen LogP contribution in [0.2, 0.25) is 0 Å². The van der Waals surface area contributed by atoms with E-state index in [1.807, 2.05) is 24.3 Å². The molecule has 0 fully saturated rings. The molecule has 0 aliphatic carbocycles. The summed E-state index contributed by atoms with van der Waals surface area (Å²) in [6.07, 6.45) is 52.9. The second-order valence-corrected chi connectivity index (χ2v) is 11.6. The van der Waals surface area contributed by atoms with Crippen LogP contribution in [-0.2, 0) is 9.59 Å². The number of carbonyl (C=O) groups is 2. The van der Waals surface area contributed by atoms with Crippen molar-refractivity contribution in [1.29, 1.82) is 0 Å². The number of hydrogen-bond acceptors (Lipinski definition) is 2. The SMILES string of the molecule is CCCCCCCCC=CCCCCCCCCCC(=O)O.CCCCCCCCCC=CC=CC=CC=CC=CC(=O)O. The Kier molecular flexibility index (Phi) is 39.9. The molecule has 0 aromatic heterocycles. The number of hydrogen-bond donors (Lipinski definition) is 2. The van der Waals surface area contributed by atoms with Gasteiger partial charge in [0.15, 0.2) is 0 Å². The molecule has 0 aromatic carbocycles. The molecule has 0 amide bonds. The van der Waals surface area contributed by atoms with Crippen LogP contribution in [0.4, 0.5) is 0 Å². The van der Waals surface area contributed by atoms with Crippen molar-refractivity contribution < 1.29 is 19.8 Å². The smallest absolute Gasteiger partial charge is 0.328 e. The van der Waals surface area contributed by atoms with Gasteiger partial charge in [-0.05, 0) is 44.9 Å². The Morgan fingerprint density at radius 3 is 1.16 bits per heavy atom. The summed E-state index contributed by atoms with van der Waals surface area (Å²) < 4.78 is 0. The minimum Gasteiger partial charge on any atom is -0.481 e. The van der Waals surface area contributed by atoms with Gasteiger partial charge in [0.25, 0.3) is 0 Å². The monoisotopic (exact) mass is 613 g/mol. The van der Waals surface area contributed by atoms with Crippen molar-refractivity contribution in [2.75, 3.05) is 0 Å². The van der Waals surface area contributed by atoms with Crippen molar-refractivity contribution in [1.82, 2.24) is 0 Å². The molecule has 0 bridgehead atoms. The van der Waals surface area contributed by atoms with Gasteiger partial charge in [0, 0.05) is 12.5 Å². The van der Waals surface area contributed by atoms with Crippen LogP contribution in [-0.4, -0.2) is 22.2 Å². The number of allylic oxidation sites excluding steroid dienone is 11. The van der Waals surface area contributed by atoms with Crippen LogP contribution in [0.3, 0.4) is 0 Å². The van der Waals surface area contributed by atoms with Gasteiger partial charge in [0.05, 0.1) is 0 Å². The summed E-state index contributed by atoms with van der Waals surface area (Å²) >= 11 is 0. The lowest BCUT2D eigenvalue weighted by molar-refractivity contribution is -0.137. The number of unbranched alkanes of at least 4 members (excludes halogenated alkanes) is 20. The highest BCUT2D eigenvalue weighted by molar-refractivity contribution is 5.80. The number of aliphatic carboxylic acids is 2. The van der Waals surface area contributed by atoms with Gasteiger partial charge < -0.3 is 10.2 Å². The second-order valence-electron chi connectivity index (χ2n) is 11.6. The third-order valence-electron chi connectivity index (χ3n) is 7.28. The fraction of sp³-hybridized carbons (Fsp3) is 0.650. The number of carboxylic acids is 2. The van der Waals surface area contributed by atoms with Gasteiger partial charge in [-0.25, -0.2) is 4.79 Å². The van der Waals surface area contributed by atoms with Crippen molar-refractivity contribution in [2.24, 2.45) is 0 Å². The highest BCUT2D eigenvalue weighted by atomic mass is 16.4. The third kappa shape index (κ3) is 46.3. The molecular weight excluding hydrogens is 544 g/mol. The Balaban J connectivity index is 0. The predicted molar refractivity (Wildman–Crippen MR) is 192 cm³/mol. The zero-order chi connectivity index (χ0) is 32.6. The fourth-order valence-corrected chi connectivity index (χ4v) is 4.62. The fourth-order valence-electron chi connectivity index (χ4n) is 4.62. The largest absolute Gasteiger partial charge is 0.481 e. The van der Waals surface area contributed by atoms with E-state index in [0.717, 1.165) is 25.3 Å². The van der Waals surface area contributed by atoms with Crippen LogP contribution in [0, 0.1) is 0 Å². The molecule has 0 atom stereocenters. The summed E-state index contributed by atoms with van der Waals surface area (Å²) in [5.41, 5.74) is 0. The molecule has 0 saturated heterocycles. The molecule has 44 heavy (non-hydrogen) atoms. The molecule has 0 spiro atoms. The second kappa shape index (κ2) is 40.4. The van der Waals surface area contributed by atoms with Crippen LogP contribution in [0.1, 0.15) is 168 Å². The molecule has 0 radical (unpaired) electrons. The van der Waals surface area contributed by atoms with E-state index in [0.29, 0.717) is 6.42 Å². The maximum Gasteiger partial charge on any atom is 0.328 e. The Morgan fingerprint density at radius 2 is 0.750 bits per heavy atom. The van der Waals surface area contributed by atoms with Gasteiger partial charge in [-0.15, -0.1) is 0 Å². The van der Waals surface area contributed by atoms with Crippen LogP contribution in [0.15, 0.2) is 72.9 Å². The van der Waals surface area contributed by atoms with E-state index < -0.39 is 11.9 Å². The van der Waals surface area contributed by atoms with E-state index in [1.165, 1.54) is 134 Å². The van der Waals surface area contributed by atoms with E-state index in [-0.39, 0.29) is 0 Å². The summed E-state index contributed by atoms with van der Waals surface area (Å²) in [4.78, 5) is 20.6. The van der Waals surface area contributed by atoms with E-state index in [9.17, 15) is 9.59 Å². The third-order valence-corrected chi connectivity index (χ3v) is 7.28. The quantitative estimate of drug-likeness (QED) is 0.0366. The first kappa shape index (κ1) is 43.5. The van der Waals surface area contributed by atoms with E-state index >= 15 is 0 Å². The lowest BCUT2D eigenvalue weighted by atomic mass is 10.1. The highest BCUT2D eigenvalue weighted by Crippen LogP contribution is 2.11. The average Bonchev–Trinajstić information content (AvgIpc) is 3.00. The first-order valence-corrected chi connectivity index (χ1v) is 18.0. The summed E-state index contributed by atoms with van der Waals surface area (Å²) in [6.45, 7) is 4.52. The van der Waals surface area contributed by atoms with Gasteiger partial charge in [-0.1, -0.05) is 183 Å². The standard InChI is InChI=1S/C20H38O2.C20H30O2/c2*1-2-3-4-5-6-7-8-9-10-11-12-13-14-15-16-17-18-19-20(21)22/h9-10H,2-8,11-19H2,1H3,(H,21,22);10-19H,2-9H2,1H3,(H,21,22). The first-order valence-electron chi connectivity index (χ1n) is 18.0.